The number of fused-ring (bicyclic) bond motifs is 3. The number of rotatable bonds is 3. The second-order valence-corrected chi connectivity index (χ2v) is 11.4. The fraction of sp³-hybridized carbons (Fsp3) is 0.143. The largest absolute Gasteiger partial charge is 0.508 e. The standard InChI is InChI=1S/C28H25O4P/c1-18-16-21(17-19(2)27(18)30)28(3,20-12-14-22(29)15-13-20)33(31)26-11-7-5-9-24(26)23-8-4-6-10-25(23)32-33/h4-17,29-30H,1-3H3. The molecule has 0 aromatic heterocycles. The van der Waals surface area contributed by atoms with Crippen molar-refractivity contribution in [3.05, 3.63) is 107 Å². The van der Waals surface area contributed by atoms with Gasteiger partial charge < -0.3 is 14.7 Å². The highest BCUT2D eigenvalue weighted by Crippen LogP contribution is 2.69. The molecule has 2 N–H and O–H groups in total. The van der Waals surface area contributed by atoms with Gasteiger partial charge in [0, 0.05) is 5.56 Å². The van der Waals surface area contributed by atoms with Crippen LogP contribution in [0, 0.1) is 13.8 Å². The fourth-order valence-electron chi connectivity index (χ4n) is 4.78. The first-order valence-corrected chi connectivity index (χ1v) is 12.5. The Bertz CT molecular complexity index is 1400. The van der Waals surface area contributed by atoms with Crippen molar-refractivity contribution in [1.29, 1.82) is 0 Å². The van der Waals surface area contributed by atoms with Gasteiger partial charge in [-0.2, -0.15) is 0 Å². The highest BCUT2D eigenvalue weighted by atomic mass is 31.2. The van der Waals surface area contributed by atoms with Gasteiger partial charge in [-0.05, 0) is 72.9 Å². The first-order valence-electron chi connectivity index (χ1n) is 10.8. The van der Waals surface area contributed by atoms with Crippen LogP contribution in [-0.2, 0) is 9.72 Å². The van der Waals surface area contributed by atoms with E-state index in [1.807, 2.05) is 81.4 Å². The summed E-state index contributed by atoms with van der Waals surface area (Å²) in [5.74, 6) is 0.935. The monoisotopic (exact) mass is 456 g/mol. The van der Waals surface area contributed by atoms with E-state index in [-0.39, 0.29) is 11.5 Å². The summed E-state index contributed by atoms with van der Waals surface area (Å²) >= 11 is 0. The van der Waals surface area contributed by atoms with E-state index in [2.05, 4.69) is 0 Å². The Kier molecular flexibility index (Phi) is 4.88. The van der Waals surface area contributed by atoms with Crippen molar-refractivity contribution in [3.63, 3.8) is 0 Å². The van der Waals surface area contributed by atoms with E-state index in [1.54, 1.807) is 24.3 Å². The minimum absolute atomic E-state index is 0.132. The molecule has 0 saturated heterocycles. The van der Waals surface area contributed by atoms with Crippen molar-refractivity contribution in [1.82, 2.24) is 0 Å². The highest BCUT2D eigenvalue weighted by Gasteiger charge is 2.53. The number of benzene rings is 4. The average Bonchev–Trinajstić information content (AvgIpc) is 2.82. The maximum atomic E-state index is 15.3. The molecule has 4 aromatic rings. The van der Waals surface area contributed by atoms with Gasteiger partial charge in [0.05, 0.1) is 5.30 Å². The molecule has 33 heavy (non-hydrogen) atoms. The predicted octanol–water partition coefficient (Wildman–Crippen LogP) is 6.64. The van der Waals surface area contributed by atoms with Crippen molar-refractivity contribution < 1.29 is 19.3 Å². The zero-order valence-corrected chi connectivity index (χ0v) is 19.6. The van der Waals surface area contributed by atoms with Crippen LogP contribution in [0.5, 0.6) is 17.2 Å². The average molecular weight is 456 g/mol. The van der Waals surface area contributed by atoms with Crippen molar-refractivity contribution in [2.75, 3.05) is 0 Å². The van der Waals surface area contributed by atoms with Crippen molar-refractivity contribution in [2.45, 2.75) is 25.9 Å². The number of para-hydroxylation sites is 1. The molecule has 0 aliphatic carbocycles. The molecule has 2 atom stereocenters. The van der Waals surface area contributed by atoms with Gasteiger partial charge in [0.1, 0.15) is 22.4 Å². The lowest BCUT2D eigenvalue weighted by Gasteiger charge is -2.42. The molecular weight excluding hydrogens is 431 g/mol. The lowest BCUT2D eigenvalue weighted by Crippen LogP contribution is -2.34. The summed E-state index contributed by atoms with van der Waals surface area (Å²) in [4.78, 5) is 0. The fourth-order valence-corrected chi connectivity index (χ4v) is 7.73. The molecule has 1 aliphatic heterocycles. The van der Waals surface area contributed by atoms with Crippen LogP contribution < -0.4 is 9.83 Å². The minimum Gasteiger partial charge on any atom is -0.508 e. The summed E-state index contributed by atoms with van der Waals surface area (Å²) in [6.07, 6.45) is 0. The van der Waals surface area contributed by atoms with Gasteiger partial charge in [0.15, 0.2) is 0 Å². The van der Waals surface area contributed by atoms with E-state index in [0.717, 1.165) is 22.3 Å². The van der Waals surface area contributed by atoms with Crippen LogP contribution in [0.15, 0.2) is 84.9 Å². The third kappa shape index (κ3) is 3.09. The second kappa shape index (κ2) is 7.54. The van der Waals surface area contributed by atoms with Gasteiger partial charge in [-0.3, -0.25) is 4.57 Å². The van der Waals surface area contributed by atoms with Gasteiger partial charge in [0.25, 0.3) is 7.37 Å². The van der Waals surface area contributed by atoms with Crippen LogP contribution in [-0.4, -0.2) is 10.2 Å². The lowest BCUT2D eigenvalue weighted by molar-refractivity contribution is 0.457. The van der Waals surface area contributed by atoms with Crippen LogP contribution >= 0.6 is 7.37 Å². The van der Waals surface area contributed by atoms with Gasteiger partial charge in [-0.1, -0.05) is 60.7 Å². The van der Waals surface area contributed by atoms with Crippen LogP contribution in [0.2, 0.25) is 0 Å². The molecule has 4 nitrogen and oxygen atoms in total. The van der Waals surface area contributed by atoms with E-state index >= 15 is 4.57 Å². The number of hydrogen-bond acceptors (Lipinski definition) is 4. The SMILES string of the molecule is Cc1cc(C(C)(c2ccc(O)cc2)P2(=O)Oc3ccccc3-c3ccccc32)cc(C)c1O. The van der Waals surface area contributed by atoms with Crippen LogP contribution in [0.4, 0.5) is 0 Å². The molecule has 5 heteroatoms. The molecule has 2 unspecified atom stereocenters. The van der Waals surface area contributed by atoms with E-state index < -0.39 is 12.5 Å². The van der Waals surface area contributed by atoms with Gasteiger partial charge in [-0.25, -0.2) is 0 Å². The molecule has 0 fully saturated rings. The van der Waals surface area contributed by atoms with Gasteiger partial charge in [0.2, 0.25) is 0 Å². The molecule has 4 aromatic carbocycles. The van der Waals surface area contributed by atoms with Crippen LogP contribution in [0.1, 0.15) is 29.2 Å². The molecule has 0 radical (unpaired) electrons. The first kappa shape index (κ1) is 21.4. The molecule has 1 heterocycles. The molecule has 1 aliphatic rings. The summed E-state index contributed by atoms with van der Waals surface area (Å²) in [7, 11) is -3.63. The Hall–Kier alpha value is -3.49. The third-order valence-electron chi connectivity index (χ3n) is 6.70. The molecule has 166 valence electrons. The quantitative estimate of drug-likeness (QED) is 0.339. The van der Waals surface area contributed by atoms with Gasteiger partial charge in [-0.15, -0.1) is 0 Å². The molecule has 5 rings (SSSR count). The molecule has 0 bridgehead atoms. The predicted molar refractivity (Wildman–Crippen MR) is 132 cm³/mol. The number of phenols is 2. The Balaban J connectivity index is 1.87. The van der Waals surface area contributed by atoms with E-state index in [4.69, 9.17) is 4.52 Å². The maximum absolute atomic E-state index is 15.3. The smallest absolute Gasteiger partial charge is 0.292 e. The van der Waals surface area contributed by atoms with Gasteiger partial charge >= 0.3 is 0 Å². The summed E-state index contributed by atoms with van der Waals surface area (Å²) in [6, 6.07) is 25.9. The maximum Gasteiger partial charge on any atom is 0.292 e. The molecule has 0 amide bonds. The van der Waals surface area contributed by atoms with Crippen LogP contribution in [0.3, 0.4) is 0 Å². The summed E-state index contributed by atoms with van der Waals surface area (Å²) in [5, 5.41) is 19.9. The second-order valence-electron chi connectivity index (χ2n) is 8.73. The molecular formula is C28H25O4P. The number of aryl methyl sites for hydroxylation is 2. The Morgan fingerprint density at radius 3 is 2.00 bits per heavy atom. The van der Waals surface area contributed by atoms with E-state index in [1.165, 1.54) is 0 Å². The molecule has 0 spiro atoms. The Morgan fingerprint density at radius 1 is 0.758 bits per heavy atom. The topological polar surface area (TPSA) is 66.8 Å². The van der Waals surface area contributed by atoms with E-state index in [9.17, 15) is 10.2 Å². The van der Waals surface area contributed by atoms with Crippen molar-refractivity contribution in [3.8, 4) is 28.4 Å². The zero-order valence-electron chi connectivity index (χ0n) is 18.7. The third-order valence-corrected chi connectivity index (χ3v) is 9.87. The minimum atomic E-state index is -3.63. The van der Waals surface area contributed by atoms with Crippen LogP contribution in [0.25, 0.3) is 11.1 Å². The normalized spacial score (nSPS) is 18.5. The van der Waals surface area contributed by atoms with E-state index in [0.29, 0.717) is 22.2 Å². The summed E-state index contributed by atoms with van der Waals surface area (Å²) in [5.41, 5.74) is 4.73. The van der Waals surface area contributed by atoms with Crippen molar-refractivity contribution in [2.24, 2.45) is 0 Å². The van der Waals surface area contributed by atoms with Crippen molar-refractivity contribution >= 4 is 12.7 Å². The highest BCUT2D eigenvalue weighted by molar-refractivity contribution is 7.69. The summed E-state index contributed by atoms with van der Waals surface area (Å²) in [6.45, 7) is 5.60. The Labute approximate surface area is 193 Å². The number of phenolic OH excluding ortho intramolecular Hbond substituents is 2. The number of hydrogen-bond donors (Lipinski definition) is 2. The zero-order chi connectivity index (χ0) is 23.4. The first-order chi connectivity index (χ1) is 15.8. The molecule has 0 saturated carbocycles. The lowest BCUT2D eigenvalue weighted by atomic mass is 9.89. The Morgan fingerprint density at radius 2 is 1.33 bits per heavy atom. The summed E-state index contributed by atoms with van der Waals surface area (Å²) < 4.78 is 21.8. The number of aromatic hydroxyl groups is 2.